The van der Waals surface area contributed by atoms with Crippen LogP contribution in [0.1, 0.15) is 55.9 Å². The van der Waals surface area contributed by atoms with E-state index in [2.05, 4.69) is 16.1 Å². The van der Waals surface area contributed by atoms with E-state index in [-0.39, 0.29) is 17.4 Å². The molecule has 10 nitrogen and oxygen atoms in total. The van der Waals surface area contributed by atoms with Crippen LogP contribution in [-0.4, -0.2) is 70.5 Å². The third-order valence-corrected chi connectivity index (χ3v) is 9.16. The number of nitrogens with zero attached hydrogens (tertiary/aromatic N) is 1. The molecule has 0 saturated carbocycles. The lowest BCUT2D eigenvalue weighted by molar-refractivity contribution is -0.141. The van der Waals surface area contributed by atoms with E-state index < -0.39 is 41.6 Å². The summed E-state index contributed by atoms with van der Waals surface area (Å²) in [5.74, 6) is 5.91. The van der Waals surface area contributed by atoms with Crippen LogP contribution in [0.15, 0.2) is 48.5 Å². The van der Waals surface area contributed by atoms with Gasteiger partial charge in [-0.05, 0) is 58.6 Å². The van der Waals surface area contributed by atoms with E-state index in [0.717, 1.165) is 22.3 Å². The minimum atomic E-state index is -0.959. The average Bonchev–Trinajstić information content (AvgIpc) is 3.46. The molecule has 3 rings (SSSR count). The highest BCUT2D eigenvalue weighted by Gasteiger charge is 2.38. The van der Waals surface area contributed by atoms with E-state index in [0.29, 0.717) is 30.9 Å². The lowest BCUT2D eigenvalue weighted by Gasteiger charge is -2.29. The summed E-state index contributed by atoms with van der Waals surface area (Å²) in [5, 5.41) is 5.59. The predicted molar refractivity (Wildman–Crippen MR) is 177 cm³/mol. The summed E-state index contributed by atoms with van der Waals surface area (Å²) in [6.07, 6.45) is 0.425. The number of carbonyl (C=O) groups is 4. The van der Waals surface area contributed by atoms with Gasteiger partial charge in [0.1, 0.15) is 23.7 Å². The first-order valence-electron chi connectivity index (χ1n) is 14.7. The topological polar surface area (TPSA) is 143 Å². The van der Waals surface area contributed by atoms with Gasteiger partial charge in [-0.3, -0.25) is 19.8 Å². The molecule has 0 spiro atoms. The summed E-state index contributed by atoms with van der Waals surface area (Å²) in [7, 11) is 0. The van der Waals surface area contributed by atoms with Crippen LogP contribution >= 0.6 is 23.5 Å². The maximum absolute atomic E-state index is 13.8. The van der Waals surface area contributed by atoms with Crippen LogP contribution in [0.2, 0.25) is 0 Å². The van der Waals surface area contributed by atoms with Crippen LogP contribution < -0.4 is 21.9 Å². The van der Waals surface area contributed by atoms with Gasteiger partial charge in [0.05, 0.1) is 0 Å². The fourth-order valence-electron chi connectivity index (χ4n) is 4.64. The summed E-state index contributed by atoms with van der Waals surface area (Å²) >= 11 is 3.00. The van der Waals surface area contributed by atoms with Gasteiger partial charge in [-0.25, -0.2) is 10.6 Å². The molecule has 0 aliphatic carbocycles. The minimum Gasteiger partial charge on any atom is -0.444 e. The Labute approximate surface area is 269 Å². The molecule has 1 saturated heterocycles. The van der Waals surface area contributed by atoms with E-state index >= 15 is 0 Å². The van der Waals surface area contributed by atoms with Crippen molar-refractivity contribution in [1.29, 1.82) is 0 Å². The summed E-state index contributed by atoms with van der Waals surface area (Å²) < 4.78 is 5.43. The number of likely N-dealkylation sites (tertiary alicyclic amines) is 1. The number of hydrazine groups is 1. The number of hydrogen-bond donors (Lipinski definition) is 4. The van der Waals surface area contributed by atoms with Crippen molar-refractivity contribution >= 4 is 47.3 Å². The van der Waals surface area contributed by atoms with Crippen molar-refractivity contribution in [2.24, 2.45) is 5.84 Å². The zero-order valence-corrected chi connectivity index (χ0v) is 27.8. The quantitative estimate of drug-likeness (QED) is 0.147. The smallest absolute Gasteiger partial charge is 0.408 e. The number of aryl methyl sites for hydroxylation is 2. The van der Waals surface area contributed by atoms with E-state index in [1.54, 1.807) is 20.8 Å². The van der Waals surface area contributed by atoms with Crippen LogP contribution in [0, 0.1) is 13.8 Å². The van der Waals surface area contributed by atoms with Crippen LogP contribution in [0.5, 0.6) is 0 Å². The van der Waals surface area contributed by atoms with Crippen LogP contribution in [0.4, 0.5) is 4.79 Å². The van der Waals surface area contributed by atoms with Gasteiger partial charge in [-0.1, -0.05) is 59.7 Å². The second-order valence-electron chi connectivity index (χ2n) is 12.0. The normalized spacial score (nSPS) is 16.1. The molecule has 0 aromatic heterocycles. The molecule has 0 radical (unpaired) electrons. The van der Waals surface area contributed by atoms with Crippen LogP contribution in [0.25, 0.3) is 0 Å². The number of alkyl carbamates (subject to hydrolysis) is 1. The minimum absolute atomic E-state index is 0.262. The Hall–Kier alpha value is -3.22. The zero-order chi connectivity index (χ0) is 32.3. The molecule has 240 valence electrons. The number of rotatable bonds is 13. The highest BCUT2D eigenvalue weighted by molar-refractivity contribution is 7.98. The fraction of sp³-hybridized carbons (Fsp3) is 0.500. The Bertz CT molecular complexity index is 1270. The number of nitrogens with two attached hydrogens (primary N) is 1. The van der Waals surface area contributed by atoms with E-state index in [1.807, 2.05) is 62.4 Å². The van der Waals surface area contributed by atoms with Gasteiger partial charge >= 0.3 is 6.09 Å². The fourth-order valence-corrected chi connectivity index (χ4v) is 6.66. The van der Waals surface area contributed by atoms with Gasteiger partial charge in [-0.2, -0.15) is 23.5 Å². The van der Waals surface area contributed by atoms with Gasteiger partial charge < -0.3 is 20.3 Å². The highest BCUT2D eigenvalue weighted by Crippen LogP contribution is 2.22. The van der Waals surface area contributed by atoms with E-state index in [9.17, 15) is 19.2 Å². The van der Waals surface area contributed by atoms with Gasteiger partial charge in [0, 0.05) is 29.6 Å². The third-order valence-electron chi connectivity index (χ3n) is 6.95. The first kappa shape index (κ1) is 35.3. The molecule has 5 N–H and O–H groups in total. The van der Waals surface area contributed by atoms with Crippen LogP contribution in [-0.2, 0) is 30.6 Å². The molecule has 2 aromatic carbocycles. The Morgan fingerprint density at radius 1 is 0.886 bits per heavy atom. The molecule has 44 heavy (non-hydrogen) atoms. The molecule has 1 aliphatic heterocycles. The lowest BCUT2D eigenvalue weighted by atomic mass is 10.2. The summed E-state index contributed by atoms with van der Waals surface area (Å²) in [6, 6.07) is 13.7. The molecule has 12 heteroatoms. The van der Waals surface area contributed by atoms with Gasteiger partial charge in [0.25, 0.3) is 5.91 Å². The summed E-state index contributed by atoms with van der Waals surface area (Å²) in [5.41, 5.74) is 5.90. The number of ether oxygens (including phenoxy) is 1. The average molecular weight is 644 g/mol. The molecular formula is C32H45N5O5S2. The maximum Gasteiger partial charge on any atom is 0.408 e. The molecule has 1 heterocycles. The first-order chi connectivity index (χ1) is 20.9. The molecule has 1 fully saturated rings. The Kier molecular flexibility index (Phi) is 13.4. The van der Waals surface area contributed by atoms with Gasteiger partial charge in [0.15, 0.2) is 0 Å². The van der Waals surface area contributed by atoms with E-state index in [1.165, 1.54) is 28.4 Å². The summed E-state index contributed by atoms with van der Waals surface area (Å²) in [4.78, 5) is 54.2. The van der Waals surface area contributed by atoms with Gasteiger partial charge in [0.2, 0.25) is 11.8 Å². The molecule has 0 bridgehead atoms. The van der Waals surface area contributed by atoms with Crippen molar-refractivity contribution in [2.75, 3.05) is 18.1 Å². The second kappa shape index (κ2) is 16.7. The number of amides is 4. The number of benzene rings is 2. The first-order valence-corrected chi connectivity index (χ1v) is 17.0. The van der Waals surface area contributed by atoms with Crippen molar-refractivity contribution in [3.63, 3.8) is 0 Å². The van der Waals surface area contributed by atoms with Gasteiger partial charge in [-0.15, -0.1) is 0 Å². The standard InChI is InChI=1S/C32H45N5O5S2/c1-21-8-12-23(13-9-21)17-43-19-25(35-31(41)42-32(3,4)5)28(38)34-26(20-44-18-24-14-10-22(2)11-15-24)30(40)37-16-6-7-27(37)29(39)36-33/h8-15,25-27H,6-7,16-20,33H2,1-5H3,(H,34,38)(H,35,41)(H,36,39)/t25-,26-,27-/m0/s1. The largest absolute Gasteiger partial charge is 0.444 e. The number of carbonyl (C=O) groups excluding carboxylic acids is 4. The SMILES string of the molecule is Cc1ccc(CSC[C@H](NC(=O)OC(C)(C)C)C(=O)N[C@@H](CSCc2ccc(C)cc2)C(=O)N2CCC[C@H]2C(=O)NN)cc1. The molecular weight excluding hydrogens is 599 g/mol. The molecule has 4 amide bonds. The third kappa shape index (κ3) is 11.4. The Morgan fingerprint density at radius 2 is 1.41 bits per heavy atom. The number of hydrogen-bond acceptors (Lipinski definition) is 8. The van der Waals surface area contributed by atoms with Crippen molar-refractivity contribution in [2.45, 2.75) is 82.7 Å². The predicted octanol–water partition coefficient (Wildman–Crippen LogP) is 3.83. The van der Waals surface area contributed by atoms with Crippen molar-refractivity contribution in [3.8, 4) is 0 Å². The number of nitrogens with one attached hydrogen (secondary N) is 3. The zero-order valence-electron chi connectivity index (χ0n) is 26.2. The molecule has 3 atom stereocenters. The Morgan fingerprint density at radius 3 is 1.91 bits per heavy atom. The second-order valence-corrected chi connectivity index (χ2v) is 14.0. The molecule has 1 aliphatic rings. The monoisotopic (exact) mass is 643 g/mol. The van der Waals surface area contributed by atoms with Crippen molar-refractivity contribution in [3.05, 3.63) is 70.8 Å². The Balaban J connectivity index is 1.76. The highest BCUT2D eigenvalue weighted by atomic mass is 32.2. The van der Waals surface area contributed by atoms with Crippen molar-refractivity contribution in [1.82, 2.24) is 21.0 Å². The van der Waals surface area contributed by atoms with E-state index in [4.69, 9.17) is 10.6 Å². The summed E-state index contributed by atoms with van der Waals surface area (Å²) in [6.45, 7) is 9.67. The van der Waals surface area contributed by atoms with Crippen molar-refractivity contribution < 1.29 is 23.9 Å². The maximum atomic E-state index is 13.8. The molecule has 2 aromatic rings. The molecule has 0 unspecified atom stereocenters. The van der Waals surface area contributed by atoms with Crippen LogP contribution in [0.3, 0.4) is 0 Å². The number of thioether (sulfide) groups is 2. The lowest BCUT2D eigenvalue weighted by Crippen LogP contribution is -2.58.